The number of ether oxygens (including phenoxy) is 1. The third kappa shape index (κ3) is 2.74. The zero-order valence-electron chi connectivity index (χ0n) is 10.4. The van der Waals surface area contributed by atoms with Crippen LogP contribution >= 0.6 is 0 Å². The van der Waals surface area contributed by atoms with E-state index in [0.717, 1.165) is 6.42 Å². The first-order valence-corrected chi connectivity index (χ1v) is 5.83. The lowest BCUT2D eigenvalue weighted by atomic mass is 9.71. The molecule has 1 saturated carbocycles. The number of rotatable bonds is 2. The Hall–Kier alpha value is -0.610. The number of carbonyl (C=O) groups excluding carboxylic acids is 1. The van der Waals surface area contributed by atoms with E-state index in [9.17, 15) is 15.0 Å². The second-order valence-corrected chi connectivity index (χ2v) is 5.32. The zero-order valence-corrected chi connectivity index (χ0v) is 10.4. The van der Waals surface area contributed by atoms with E-state index in [2.05, 4.69) is 0 Å². The highest BCUT2D eigenvalue weighted by atomic mass is 16.6. The quantitative estimate of drug-likeness (QED) is 0.697. The van der Waals surface area contributed by atoms with E-state index in [1.165, 1.54) is 6.92 Å². The van der Waals surface area contributed by atoms with Crippen molar-refractivity contribution >= 4 is 5.97 Å². The van der Waals surface area contributed by atoms with E-state index < -0.39 is 23.8 Å². The van der Waals surface area contributed by atoms with Crippen LogP contribution in [-0.4, -0.2) is 34.0 Å². The number of esters is 1. The summed E-state index contributed by atoms with van der Waals surface area (Å²) in [6.45, 7) is 6.99. The standard InChI is InChI=1S/C12H22O4/c1-7(2)9-5-6-12(4,15)11(14)10(9)16-8(3)13/h7,9-11,14-15H,5-6H2,1-4H3. The minimum atomic E-state index is -1.16. The van der Waals surface area contributed by atoms with E-state index in [1.54, 1.807) is 6.92 Å². The number of hydrogen-bond acceptors (Lipinski definition) is 4. The van der Waals surface area contributed by atoms with Crippen molar-refractivity contribution in [1.29, 1.82) is 0 Å². The van der Waals surface area contributed by atoms with Crippen molar-refractivity contribution in [2.24, 2.45) is 11.8 Å². The molecule has 4 unspecified atom stereocenters. The molecule has 94 valence electrons. The van der Waals surface area contributed by atoms with Gasteiger partial charge in [0.15, 0.2) is 0 Å². The van der Waals surface area contributed by atoms with Crippen LogP contribution in [0.25, 0.3) is 0 Å². The fraction of sp³-hybridized carbons (Fsp3) is 0.917. The van der Waals surface area contributed by atoms with Gasteiger partial charge in [-0.15, -0.1) is 0 Å². The van der Waals surface area contributed by atoms with Crippen LogP contribution in [0.3, 0.4) is 0 Å². The van der Waals surface area contributed by atoms with Gasteiger partial charge in [-0.2, -0.15) is 0 Å². The molecular weight excluding hydrogens is 208 g/mol. The van der Waals surface area contributed by atoms with Crippen molar-refractivity contribution in [3.05, 3.63) is 0 Å². The predicted octanol–water partition coefficient (Wildman–Crippen LogP) is 1.10. The highest BCUT2D eigenvalue weighted by Gasteiger charge is 2.47. The number of aliphatic hydroxyl groups is 2. The fourth-order valence-electron chi connectivity index (χ4n) is 2.42. The molecule has 1 rings (SSSR count). The molecule has 0 heterocycles. The van der Waals surface area contributed by atoms with E-state index in [1.807, 2.05) is 13.8 Å². The van der Waals surface area contributed by atoms with Crippen LogP contribution < -0.4 is 0 Å². The van der Waals surface area contributed by atoms with Gasteiger partial charge in [0.2, 0.25) is 0 Å². The molecule has 0 spiro atoms. The number of carbonyl (C=O) groups is 1. The number of aliphatic hydroxyl groups excluding tert-OH is 1. The van der Waals surface area contributed by atoms with E-state index >= 15 is 0 Å². The Bertz CT molecular complexity index is 258. The Kier molecular flexibility index (Phi) is 3.97. The summed E-state index contributed by atoms with van der Waals surface area (Å²) in [4.78, 5) is 11.0. The van der Waals surface area contributed by atoms with Crippen molar-refractivity contribution in [2.45, 2.75) is 58.3 Å². The van der Waals surface area contributed by atoms with Gasteiger partial charge in [0.05, 0.1) is 5.60 Å². The average molecular weight is 230 g/mol. The molecule has 0 saturated heterocycles. The Morgan fingerprint density at radius 1 is 1.50 bits per heavy atom. The van der Waals surface area contributed by atoms with Gasteiger partial charge in [-0.3, -0.25) is 4.79 Å². The SMILES string of the molecule is CC(=O)OC1C(C(C)C)CCC(C)(O)C1O. The summed E-state index contributed by atoms with van der Waals surface area (Å²) in [5, 5.41) is 20.0. The molecule has 0 radical (unpaired) electrons. The first-order valence-electron chi connectivity index (χ1n) is 5.83. The summed E-state index contributed by atoms with van der Waals surface area (Å²) < 4.78 is 5.16. The summed E-state index contributed by atoms with van der Waals surface area (Å²) in [6.07, 6.45) is -0.298. The molecule has 0 aliphatic heterocycles. The smallest absolute Gasteiger partial charge is 0.303 e. The molecular formula is C12H22O4. The highest BCUT2D eigenvalue weighted by molar-refractivity contribution is 5.66. The minimum Gasteiger partial charge on any atom is -0.459 e. The molecule has 0 amide bonds. The Morgan fingerprint density at radius 3 is 2.50 bits per heavy atom. The highest BCUT2D eigenvalue weighted by Crippen LogP contribution is 2.37. The topological polar surface area (TPSA) is 66.8 Å². The van der Waals surface area contributed by atoms with Crippen molar-refractivity contribution in [1.82, 2.24) is 0 Å². The molecule has 1 aliphatic rings. The fourth-order valence-corrected chi connectivity index (χ4v) is 2.42. The van der Waals surface area contributed by atoms with Gasteiger partial charge in [-0.25, -0.2) is 0 Å². The normalized spacial score (nSPS) is 39.8. The Balaban J connectivity index is 2.86. The third-order valence-electron chi connectivity index (χ3n) is 3.51. The van der Waals surface area contributed by atoms with Gasteiger partial charge < -0.3 is 14.9 Å². The lowest BCUT2D eigenvalue weighted by Crippen LogP contribution is -2.56. The maximum atomic E-state index is 11.0. The van der Waals surface area contributed by atoms with Gasteiger partial charge in [-0.05, 0) is 25.7 Å². The van der Waals surface area contributed by atoms with E-state index in [-0.39, 0.29) is 5.92 Å². The monoisotopic (exact) mass is 230 g/mol. The molecule has 0 bridgehead atoms. The van der Waals surface area contributed by atoms with Crippen LogP contribution in [0.15, 0.2) is 0 Å². The van der Waals surface area contributed by atoms with Crippen LogP contribution in [0.4, 0.5) is 0 Å². The maximum Gasteiger partial charge on any atom is 0.303 e. The summed E-state index contributed by atoms with van der Waals surface area (Å²) in [6, 6.07) is 0. The van der Waals surface area contributed by atoms with Crippen LogP contribution in [0.5, 0.6) is 0 Å². The lowest BCUT2D eigenvalue weighted by molar-refractivity contribution is -0.192. The van der Waals surface area contributed by atoms with Crippen LogP contribution in [0.1, 0.15) is 40.5 Å². The molecule has 0 aromatic rings. The molecule has 1 aliphatic carbocycles. The van der Waals surface area contributed by atoms with Gasteiger partial charge >= 0.3 is 5.97 Å². The summed E-state index contributed by atoms with van der Waals surface area (Å²) in [5.41, 5.74) is -1.16. The molecule has 4 nitrogen and oxygen atoms in total. The van der Waals surface area contributed by atoms with Gasteiger partial charge in [0.1, 0.15) is 12.2 Å². The van der Waals surface area contributed by atoms with Crippen molar-refractivity contribution < 1.29 is 19.7 Å². The first kappa shape index (κ1) is 13.5. The van der Waals surface area contributed by atoms with Crippen LogP contribution in [-0.2, 0) is 9.53 Å². The van der Waals surface area contributed by atoms with Gasteiger partial charge in [0, 0.05) is 12.8 Å². The van der Waals surface area contributed by atoms with Crippen molar-refractivity contribution in [3.8, 4) is 0 Å². The molecule has 16 heavy (non-hydrogen) atoms. The minimum absolute atomic E-state index is 0.110. The molecule has 4 atom stereocenters. The summed E-state index contributed by atoms with van der Waals surface area (Å²) in [5.74, 6) is 0.0154. The van der Waals surface area contributed by atoms with E-state index in [0.29, 0.717) is 12.3 Å². The second kappa shape index (κ2) is 4.72. The second-order valence-electron chi connectivity index (χ2n) is 5.32. The number of hydrogen-bond donors (Lipinski definition) is 2. The van der Waals surface area contributed by atoms with Gasteiger partial charge in [-0.1, -0.05) is 13.8 Å². The van der Waals surface area contributed by atoms with Crippen LogP contribution in [0, 0.1) is 11.8 Å². The van der Waals surface area contributed by atoms with Crippen molar-refractivity contribution in [2.75, 3.05) is 0 Å². The van der Waals surface area contributed by atoms with E-state index in [4.69, 9.17) is 4.74 Å². The molecule has 2 N–H and O–H groups in total. The maximum absolute atomic E-state index is 11.0. The molecule has 0 aromatic heterocycles. The Morgan fingerprint density at radius 2 is 2.06 bits per heavy atom. The average Bonchev–Trinajstić information content (AvgIpc) is 2.12. The summed E-state index contributed by atoms with van der Waals surface area (Å²) in [7, 11) is 0. The first-order chi connectivity index (χ1) is 7.25. The predicted molar refractivity (Wildman–Crippen MR) is 59.7 cm³/mol. The molecule has 1 fully saturated rings. The van der Waals surface area contributed by atoms with Gasteiger partial charge in [0.25, 0.3) is 0 Å². The summed E-state index contributed by atoms with van der Waals surface area (Å²) >= 11 is 0. The van der Waals surface area contributed by atoms with Crippen molar-refractivity contribution in [3.63, 3.8) is 0 Å². The van der Waals surface area contributed by atoms with Crippen LogP contribution in [0.2, 0.25) is 0 Å². The lowest BCUT2D eigenvalue weighted by Gasteiger charge is -2.44. The Labute approximate surface area is 96.6 Å². The largest absolute Gasteiger partial charge is 0.459 e. The third-order valence-corrected chi connectivity index (χ3v) is 3.51. The molecule has 4 heteroatoms. The zero-order chi connectivity index (χ0) is 12.5. The molecule has 0 aromatic carbocycles.